The number of rotatable bonds is 5. The van der Waals surface area contributed by atoms with Gasteiger partial charge in [-0.25, -0.2) is 0 Å². The Bertz CT molecular complexity index is 218. The second kappa shape index (κ2) is 5.65. The molecule has 0 heterocycles. The summed E-state index contributed by atoms with van der Waals surface area (Å²) in [6, 6.07) is 0. The first-order valence-electron chi connectivity index (χ1n) is 4.64. The summed E-state index contributed by atoms with van der Waals surface area (Å²) >= 11 is 4.36. The number of thiocarbonyl (C=S) groups is 1. The summed E-state index contributed by atoms with van der Waals surface area (Å²) < 4.78 is 42.2. The van der Waals surface area contributed by atoms with E-state index >= 15 is 0 Å². The second-order valence-electron chi connectivity index (χ2n) is 3.78. The molecule has 2 N–H and O–H groups in total. The summed E-state index contributed by atoms with van der Waals surface area (Å²) in [5.74, 6) is -1.70. The highest BCUT2D eigenvalue weighted by atomic mass is 32.1. The van der Waals surface area contributed by atoms with Gasteiger partial charge < -0.3 is 10.5 Å². The molecule has 0 radical (unpaired) electrons. The van der Waals surface area contributed by atoms with Crippen LogP contribution in [0.2, 0.25) is 0 Å². The van der Waals surface area contributed by atoms with E-state index in [0.29, 0.717) is 0 Å². The van der Waals surface area contributed by atoms with Crippen LogP contribution in [0.5, 0.6) is 0 Å². The minimum absolute atomic E-state index is 0.158. The van der Waals surface area contributed by atoms with Crippen LogP contribution in [-0.2, 0) is 4.74 Å². The van der Waals surface area contributed by atoms with Gasteiger partial charge in [0.05, 0.1) is 17.7 Å². The maximum Gasteiger partial charge on any atom is 0.400 e. The molecule has 0 aromatic carbocycles. The van der Waals surface area contributed by atoms with E-state index in [1.807, 2.05) is 13.8 Å². The van der Waals surface area contributed by atoms with Crippen molar-refractivity contribution in [1.29, 1.82) is 0 Å². The van der Waals surface area contributed by atoms with E-state index in [2.05, 4.69) is 12.2 Å². The van der Waals surface area contributed by atoms with Crippen molar-refractivity contribution in [2.24, 2.45) is 17.6 Å². The first kappa shape index (κ1) is 14.6. The van der Waals surface area contributed by atoms with Crippen molar-refractivity contribution in [3.63, 3.8) is 0 Å². The van der Waals surface area contributed by atoms with Crippen LogP contribution < -0.4 is 5.73 Å². The predicted molar refractivity (Wildman–Crippen MR) is 56.6 cm³/mol. The molecule has 90 valence electrons. The van der Waals surface area contributed by atoms with Gasteiger partial charge in [-0.1, -0.05) is 26.1 Å². The lowest BCUT2D eigenvalue weighted by atomic mass is 10.1. The molecule has 2 nitrogen and oxygen atoms in total. The van der Waals surface area contributed by atoms with E-state index in [0.717, 1.165) is 0 Å². The number of alkyl halides is 3. The SMILES string of the molecule is CC(C)C(C)OCC(C(N)=S)C(F)(F)F. The molecule has 15 heavy (non-hydrogen) atoms. The maximum atomic E-state index is 12.4. The van der Waals surface area contributed by atoms with Crippen LogP contribution in [0, 0.1) is 11.8 Å². The van der Waals surface area contributed by atoms with E-state index in [4.69, 9.17) is 10.5 Å². The number of hydrogen-bond acceptors (Lipinski definition) is 2. The van der Waals surface area contributed by atoms with Crippen LogP contribution in [0.1, 0.15) is 20.8 Å². The Morgan fingerprint density at radius 1 is 1.33 bits per heavy atom. The monoisotopic (exact) mass is 243 g/mol. The van der Waals surface area contributed by atoms with Gasteiger partial charge >= 0.3 is 6.18 Å². The molecule has 0 aliphatic carbocycles. The van der Waals surface area contributed by atoms with Crippen molar-refractivity contribution in [1.82, 2.24) is 0 Å². The summed E-state index contributed by atoms with van der Waals surface area (Å²) in [7, 11) is 0. The Kier molecular flexibility index (Phi) is 5.51. The van der Waals surface area contributed by atoms with Crippen LogP contribution in [0.15, 0.2) is 0 Å². The molecule has 0 bridgehead atoms. The van der Waals surface area contributed by atoms with E-state index in [-0.39, 0.29) is 12.0 Å². The van der Waals surface area contributed by atoms with Crippen molar-refractivity contribution < 1.29 is 17.9 Å². The minimum Gasteiger partial charge on any atom is -0.393 e. The summed E-state index contributed by atoms with van der Waals surface area (Å²) in [5, 5.41) is 0. The fraction of sp³-hybridized carbons (Fsp3) is 0.889. The molecule has 0 rings (SSSR count). The molecule has 0 fully saturated rings. The Hall–Kier alpha value is -0.360. The number of halogens is 3. The minimum atomic E-state index is -4.43. The third-order valence-corrected chi connectivity index (χ3v) is 2.49. The van der Waals surface area contributed by atoms with Crippen molar-refractivity contribution in [3.8, 4) is 0 Å². The van der Waals surface area contributed by atoms with E-state index in [1.165, 1.54) is 0 Å². The summed E-state index contributed by atoms with van der Waals surface area (Å²) in [4.78, 5) is -0.571. The first-order valence-corrected chi connectivity index (χ1v) is 5.04. The molecular formula is C9H16F3NOS. The van der Waals surface area contributed by atoms with Crippen molar-refractivity contribution in [2.75, 3.05) is 6.61 Å². The Labute approximate surface area is 93.0 Å². The zero-order valence-electron chi connectivity index (χ0n) is 8.97. The average Bonchev–Trinajstić information content (AvgIpc) is 2.00. The summed E-state index contributed by atoms with van der Waals surface area (Å²) in [6.07, 6.45) is -4.67. The largest absolute Gasteiger partial charge is 0.400 e. The lowest BCUT2D eigenvalue weighted by Gasteiger charge is -2.23. The third kappa shape index (κ3) is 5.32. The van der Waals surface area contributed by atoms with Gasteiger partial charge in [0.15, 0.2) is 0 Å². The molecule has 0 aromatic rings. The average molecular weight is 243 g/mol. The second-order valence-corrected chi connectivity index (χ2v) is 4.25. The molecule has 6 heteroatoms. The zero-order chi connectivity index (χ0) is 12.2. The van der Waals surface area contributed by atoms with Gasteiger partial charge in [0, 0.05) is 0 Å². The van der Waals surface area contributed by atoms with Gasteiger partial charge in [-0.2, -0.15) is 13.2 Å². The Balaban J connectivity index is 4.27. The van der Waals surface area contributed by atoms with Crippen molar-refractivity contribution in [2.45, 2.75) is 33.1 Å². The highest BCUT2D eigenvalue weighted by Gasteiger charge is 2.42. The van der Waals surface area contributed by atoms with Crippen molar-refractivity contribution >= 4 is 17.2 Å². The molecule has 0 aromatic heterocycles. The van der Waals surface area contributed by atoms with Gasteiger partial charge in [-0.15, -0.1) is 0 Å². The molecule has 0 saturated carbocycles. The number of nitrogens with two attached hydrogens (primary N) is 1. The topological polar surface area (TPSA) is 35.2 Å². The summed E-state index contributed by atoms with van der Waals surface area (Å²) in [6.45, 7) is 4.96. The lowest BCUT2D eigenvalue weighted by molar-refractivity contribution is -0.172. The third-order valence-electron chi connectivity index (χ3n) is 2.20. The van der Waals surface area contributed by atoms with Crippen LogP contribution in [0.25, 0.3) is 0 Å². The Morgan fingerprint density at radius 2 is 1.80 bits per heavy atom. The predicted octanol–water partition coefficient (Wildman–Crippen LogP) is 2.51. The molecular weight excluding hydrogens is 227 g/mol. The zero-order valence-corrected chi connectivity index (χ0v) is 9.78. The van der Waals surface area contributed by atoms with Gasteiger partial charge in [0.25, 0.3) is 0 Å². The van der Waals surface area contributed by atoms with Crippen LogP contribution in [0.4, 0.5) is 13.2 Å². The van der Waals surface area contributed by atoms with E-state index in [1.54, 1.807) is 6.92 Å². The van der Waals surface area contributed by atoms with Crippen LogP contribution in [-0.4, -0.2) is 23.9 Å². The van der Waals surface area contributed by atoms with Gasteiger partial charge in [0.2, 0.25) is 0 Å². The quantitative estimate of drug-likeness (QED) is 0.753. The number of ether oxygens (including phenoxy) is 1. The molecule has 0 spiro atoms. The lowest BCUT2D eigenvalue weighted by Crippen LogP contribution is -2.39. The normalized spacial score (nSPS) is 16.5. The number of hydrogen-bond donors (Lipinski definition) is 1. The molecule has 2 atom stereocenters. The Morgan fingerprint density at radius 3 is 2.07 bits per heavy atom. The standard InChI is InChI=1S/C9H16F3NOS/c1-5(2)6(3)14-4-7(8(13)15)9(10,11)12/h5-7H,4H2,1-3H3,(H2,13,15). The van der Waals surface area contributed by atoms with E-state index < -0.39 is 23.7 Å². The van der Waals surface area contributed by atoms with Crippen LogP contribution in [0.3, 0.4) is 0 Å². The molecule has 0 amide bonds. The van der Waals surface area contributed by atoms with Gasteiger partial charge in [0.1, 0.15) is 5.92 Å². The fourth-order valence-electron chi connectivity index (χ4n) is 0.778. The summed E-state index contributed by atoms with van der Waals surface area (Å²) in [5.41, 5.74) is 5.02. The fourth-order valence-corrected chi connectivity index (χ4v) is 0.980. The highest BCUT2D eigenvalue weighted by Crippen LogP contribution is 2.27. The van der Waals surface area contributed by atoms with Gasteiger partial charge in [-0.3, -0.25) is 0 Å². The maximum absolute atomic E-state index is 12.4. The molecule has 0 aliphatic heterocycles. The smallest absolute Gasteiger partial charge is 0.393 e. The highest BCUT2D eigenvalue weighted by molar-refractivity contribution is 7.80. The van der Waals surface area contributed by atoms with Crippen LogP contribution >= 0.6 is 12.2 Å². The molecule has 0 aliphatic rings. The van der Waals surface area contributed by atoms with E-state index in [9.17, 15) is 13.2 Å². The molecule has 0 saturated heterocycles. The van der Waals surface area contributed by atoms with Crippen molar-refractivity contribution in [3.05, 3.63) is 0 Å². The van der Waals surface area contributed by atoms with Gasteiger partial charge in [-0.05, 0) is 12.8 Å². The molecule has 2 unspecified atom stereocenters. The first-order chi connectivity index (χ1) is 6.66.